The van der Waals surface area contributed by atoms with Crippen LogP contribution in [0, 0.1) is 0 Å². The van der Waals surface area contributed by atoms with E-state index in [1.54, 1.807) is 6.07 Å². The second-order valence-electron chi connectivity index (χ2n) is 6.63. The summed E-state index contributed by atoms with van der Waals surface area (Å²) in [7, 11) is -0.402. The van der Waals surface area contributed by atoms with Gasteiger partial charge in [-0.2, -0.15) is 0 Å². The highest BCUT2D eigenvalue weighted by atomic mass is 79.9. The Morgan fingerprint density at radius 3 is 2.72 bits per heavy atom. The minimum absolute atomic E-state index is 0.103. The largest absolute Gasteiger partial charge is 0.373 e. The minimum atomic E-state index is -0.520. The lowest BCUT2D eigenvalue weighted by Gasteiger charge is -2.17. The molecule has 4 rings (SSSR count). The van der Waals surface area contributed by atoms with Crippen LogP contribution in [0.4, 0.5) is 5.69 Å². The number of primary amides is 1. The molecule has 4 N–H and O–H groups in total. The van der Waals surface area contributed by atoms with Crippen molar-refractivity contribution in [2.45, 2.75) is 18.9 Å². The SMILES string of the molecule is NC(=O)[C@H](CC1=C(Br)S2=NCC(NC(=O)c3cccs3)=C2C1)Nc1ccccc1. The maximum Gasteiger partial charge on any atom is 0.265 e. The molecule has 0 aliphatic carbocycles. The molecule has 2 amide bonds. The second-order valence-corrected chi connectivity index (χ2v) is 10.6. The van der Waals surface area contributed by atoms with Crippen molar-refractivity contribution in [1.29, 1.82) is 0 Å². The van der Waals surface area contributed by atoms with Crippen LogP contribution >= 0.6 is 27.3 Å². The number of carbonyl (C=O) groups is 2. The first-order chi connectivity index (χ1) is 14.0. The van der Waals surface area contributed by atoms with E-state index in [0.29, 0.717) is 24.3 Å². The molecule has 9 heteroatoms. The average molecular weight is 491 g/mol. The summed E-state index contributed by atoms with van der Waals surface area (Å²) in [6, 6.07) is 12.7. The van der Waals surface area contributed by atoms with Gasteiger partial charge in [0.1, 0.15) is 6.04 Å². The van der Waals surface area contributed by atoms with Crippen molar-refractivity contribution in [3.05, 3.63) is 72.7 Å². The maximum atomic E-state index is 12.4. The van der Waals surface area contributed by atoms with Gasteiger partial charge in [0.05, 0.1) is 20.9 Å². The number of nitrogens with one attached hydrogen (secondary N) is 2. The van der Waals surface area contributed by atoms with Gasteiger partial charge in [0, 0.05) is 17.0 Å². The summed E-state index contributed by atoms with van der Waals surface area (Å²) in [6.07, 6.45) is 1.16. The van der Waals surface area contributed by atoms with Crippen LogP contribution in [0.15, 0.2) is 72.2 Å². The van der Waals surface area contributed by atoms with Crippen molar-refractivity contribution in [2.24, 2.45) is 10.1 Å². The number of rotatable bonds is 7. The molecule has 29 heavy (non-hydrogen) atoms. The van der Waals surface area contributed by atoms with Crippen LogP contribution in [0.2, 0.25) is 0 Å². The number of nitrogens with zero attached hydrogens (tertiary/aromatic N) is 1. The Morgan fingerprint density at radius 1 is 1.24 bits per heavy atom. The molecular weight excluding hydrogens is 472 g/mol. The van der Waals surface area contributed by atoms with Crippen molar-refractivity contribution in [1.82, 2.24) is 5.32 Å². The number of amides is 2. The van der Waals surface area contributed by atoms with Gasteiger partial charge in [-0.05, 0) is 62.2 Å². The van der Waals surface area contributed by atoms with E-state index >= 15 is 0 Å². The first-order valence-corrected chi connectivity index (χ1v) is 11.9. The molecule has 2 aliphatic heterocycles. The van der Waals surface area contributed by atoms with Gasteiger partial charge in [-0.15, -0.1) is 11.3 Å². The van der Waals surface area contributed by atoms with Crippen LogP contribution in [-0.4, -0.2) is 24.4 Å². The quantitative estimate of drug-likeness (QED) is 0.549. The Bertz CT molecular complexity index is 1050. The molecule has 150 valence electrons. The Kier molecular flexibility index (Phi) is 5.98. The molecule has 2 atom stereocenters. The normalized spacial score (nSPS) is 19.0. The van der Waals surface area contributed by atoms with E-state index in [-0.39, 0.29) is 5.91 Å². The number of para-hydroxylation sites is 1. The van der Waals surface area contributed by atoms with Crippen molar-refractivity contribution in [3.8, 4) is 0 Å². The van der Waals surface area contributed by atoms with E-state index in [2.05, 4.69) is 30.9 Å². The number of benzene rings is 1. The lowest BCUT2D eigenvalue weighted by Crippen LogP contribution is -2.35. The summed E-state index contributed by atoms with van der Waals surface area (Å²) < 4.78 is 5.68. The predicted octanol–water partition coefficient (Wildman–Crippen LogP) is 3.87. The number of hydrogen-bond acceptors (Lipinski definition) is 5. The Morgan fingerprint density at radius 2 is 2.03 bits per heavy atom. The highest BCUT2D eigenvalue weighted by Gasteiger charge is 2.32. The van der Waals surface area contributed by atoms with Gasteiger partial charge in [-0.3, -0.25) is 9.59 Å². The third-order valence-corrected chi connectivity index (χ3v) is 8.88. The second kappa shape index (κ2) is 8.64. The third-order valence-electron chi connectivity index (χ3n) is 4.66. The topological polar surface area (TPSA) is 96.6 Å². The number of fused-ring (bicyclic) bond motifs is 1. The summed E-state index contributed by atoms with van der Waals surface area (Å²) in [6.45, 7) is 0.499. The van der Waals surface area contributed by atoms with Crippen molar-refractivity contribution in [3.63, 3.8) is 0 Å². The van der Waals surface area contributed by atoms with Crippen LogP contribution in [0.5, 0.6) is 0 Å². The zero-order valence-corrected chi connectivity index (χ0v) is 18.6. The summed E-state index contributed by atoms with van der Waals surface area (Å²) in [4.78, 5) is 26.2. The lowest BCUT2D eigenvalue weighted by molar-refractivity contribution is -0.118. The standard InChI is InChI=1S/C20H19BrN4O2S2/c21-18-12(9-14(19(22)26)24-13-5-2-1-3-6-13)10-17-15(11-23-29(17)18)25-20(27)16-7-4-8-28-16/h1-8,14,24H,9-11H2,(H2,22,26)(H,25,27)/t14-,29?/m0/s1. The molecule has 1 aromatic carbocycles. The highest BCUT2D eigenvalue weighted by molar-refractivity contribution is 9.13. The molecule has 3 heterocycles. The fourth-order valence-corrected chi connectivity index (χ4v) is 6.87. The number of halogens is 1. The van der Waals surface area contributed by atoms with Gasteiger partial charge < -0.3 is 16.4 Å². The molecule has 2 aromatic rings. The highest BCUT2D eigenvalue weighted by Crippen LogP contribution is 2.43. The number of anilines is 1. The summed E-state index contributed by atoms with van der Waals surface area (Å²) in [5.74, 6) is -0.507. The molecule has 0 saturated heterocycles. The first-order valence-electron chi connectivity index (χ1n) is 9.00. The van der Waals surface area contributed by atoms with Crippen LogP contribution < -0.4 is 16.4 Å². The summed E-state index contributed by atoms with van der Waals surface area (Å²) >= 11 is 5.09. The van der Waals surface area contributed by atoms with E-state index in [4.69, 9.17) is 5.73 Å². The van der Waals surface area contributed by atoms with E-state index < -0.39 is 22.6 Å². The number of hydrogen-bond donors (Lipinski definition) is 3. The van der Waals surface area contributed by atoms with Gasteiger partial charge in [0.2, 0.25) is 5.91 Å². The maximum absolute atomic E-state index is 12.4. The number of nitrogens with two attached hydrogens (primary N) is 1. The predicted molar refractivity (Wildman–Crippen MR) is 122 cm³/mol. The number of thiophene rings is 1. The van der Waals surface area contributed by atoms with E-state index in [1.807, 2.05) is 41.8 Å². The molecular formula is C20H19BrN4O2S2. The van der Waals surface area contributed by atoms with E-state index in [0.717, 1.165) is 25.7 Å². The molecule has 1 aromatic heterocycles. The number of carbonyl (C=O) groups excluding carboxylic acids is 2. The zero-order chi connectivity index (χ0) is 20.4. The molecule has 0 saturated carbocycles. The molecule has 6 nitrogen and oxygen atoms in total. The molecule has 1 unspecified atom stereocenters. The van der Waals surface area contributed by atoms with Crippen LogP contribution in [0.25, 0.3) is 0 Å². The summed E-state index contributed by atoms with van der Waals surface area (Å²) in [5, 5.41) is 8.11. The Labute approximate surface area is 183 Å². The zero-order valence-electron chi connectivity index (χ0n) is 15.4. The fraction of sp³-hybridized carbons (Fsp3) is 0.200. The van der Waals surface area contributed by atoms with Crippen molar-refractivity contribution in [2.75, 3.05) is 11.9 Å². The van der Waals surface area contributed by atoms with Crippen LogP contribution in [0.1, 0.15) is 22.5 Å². The molecule has 0 spiro atoms. The van der Waals surface area contributed by atoms with Gasteiger partial charge in [-0.1, -0.05) is 24.3 Å². The first kappa shape index (κ1) is 20.1. The third kappa shape index (κ3) is 4.36. The average Bonchev–Trinajstić information content (AvgIpc) is 3.43. The molecule has 2 aliphatic rings. The van der Waals surface area contributed by atoms with Crippen molar-refractivity contribution < 1.29 is 9.59 Å². The van der Waals surface area contributed by atoms with Gasteiger partial charge in [0.15, 0.2) is 0 Å². The van der Waals surface area contributed by atoms with Gasteiger partial charge in [0.25, 0.3) is 5.91 Å². The Balaban J connectivity index is 1.49. The van der Waals surface area contributed by atoms with Crippen molar-refractivity contribution >= 4 is 55.5 Å². The monoisotopic (exact) mass is 490 g/mol. The molecule has 0 fully saturated rings. The number of allylic oxidation sites excluding steroid dienone is 1. The molecule has 0 bridgehead atoms. The van der Waals surface area contributed by atoms with Gasteiger partial charge >= 0.3 is 0 Å². The van der Waals surface area contributed by atoms with Gasteiger partial charge in [-0.25, -0.2) is 4.36 Å². The summed E-state index contributed by atoms with van der Waals surface area (Å²) in [5.41, 5.74) is 8.44. The van der Waals surface area contributed by atoms with Crippen LogP contribution in [-0.2, 0) is 15.5 Å². The van der Waals surface area contributed by atoms with E-state index in [1.165, 1.54) is 11.3 Å². The van der Waals surface area contributed by atoms with Crippen LogP contribution in [0.3, 0.4) is 0 Å². The lowest BCUT2D eigenvalue weighted by atomic mass is 10.0. The smallest absolute Gasteiger partial charge is 0.265 e. The fourth-order valence-electron chi connectivity index (χ4n) is 3.22. The minimum Gasteiger partial charge on any atom is -0.373 e. The van der Waals surface area contributed by atoms with E-state index in [9.17, 15) is 9.59 Å². The molecule has 0 radical (unpaired) electrons. The Hall–Kier alpha value is -2.23.